The number of benzene rings is 1. The Hall–Kier alpha value is -1.37. The molecule has 3 heteroatoms. The molecule has 0 aromatic heterocycles. The molecule has 0 aliphatic heterocycles. The SMILES string of the molecule is C[C@H](O)CN(C)Cc1cccc(C#N)c1. The highest BCUT2D eigenvalue weighted by atomic mass is 16.3. The molecule has 0 aliphatic carbocycles. The predicted octanol–water partition coefficient (Wildman–Crippen LogP) is 1.37. The van der Waals surface area contributed by atoms with E-state index in [1.165, 1.54) is 0 Å². The van der Waals surface area contributed by atoms with Gasteiger partial charge in [0.2, 0.25) is 0 Å². The molecule has 0 bridgehead atoms. The smallest absolute Gasteiger partial charge is 0.0991 e. The molecule has 1 atom stereocenters. The minimum absolute atomic E-state index is 0.325. The lowest BCUT2D eigenvalue weighted by molar-refractivity contribution is 0.138. The molecule has 15 heavy (non-hydrogen) atoms. The summed E-state index contributed by atoms with van der Waals surface area (Å²) in [6.45, 7) is 3.15. The van der Waals surface area contributed by atoms with Gasteiger partial charge in [-0.15, -0.1) is 0 Å². The highest BCUT2D eigenvalue weighted by Crippen LogP contribution is 2.06. The van der Waals surface area contributed by atoms with Gasteiger partial charge < -0.3 is 5.11 Å². The molecular formula is C12H16N2O. The van der Waals surface area contributed by atoms with E-state index in [0.29, 0.717) is 12.1 Å². The zero-order valence-electron chi connectivity index (χ0n) is 9.14. The maximum atomic E-state index is 9.21. The number of likely N-dealkylation sites (N-methyl/N-ethyl adjacent to an activating group) is 1. The van der Waals surface area contributed by atoms with Crippen LogP contribution in [0.25, 0.3) is 0 Å². The quantitative estimate of drug-likeness (QED) is 0.805. The fraction of sp³-hybridized carbons (Fsp3) is 0.417. The van der Waals surface area contributed by atoms with E-state index in [-0.39, 0.29) is 6.10 Å². The van der Waals surface area contributed by atoms with Gasteiger partial charge in [-0.3, -0.25) is 4.90 Å². The van der Waals surface area contributed by atoms with Crippen molar-refractivity contribution in [3.63, 3.8) is 0 Å². The second-order valence-corrected chi connectivity index (χ2v) is 3.86. The largest absolute Gasteiger partial charge is 0.392 e. The molecule has 0 aliphatic rings. The number of nitriles is 1. The Morgan fingerprint density at radius 1 is 1.53 bits per heavy atom. The van der Waals surface area contributed by atoms with E-state index in [1.54, 1.807) is 13.0 Å². The van der Waals surface area contributed by atoms with Crippen LogP contribution in [0.4, 0.5) is 0 Å². The first-order valence-corrected chi connectivity index (χ1v) is 4.97. The molecule has 1 N–H and O–H groups in total. The highest BCUT2D eigenvalue weighted by molar-refractivity contribution is 5.32. The second kappa shape index (κ2) is 5.50. The van der Waals surface area contributed by atoms with E-state index in [4.69, 9.17) is 5.26 Å². The molecule has 0 fully saturated rings. The van der Waals surface area contributed by atoms with Gasteiger partial charge in [-0.05, 0) is 31.7 Å². The number of hydrogen-bond acceptors (Lipinski definition) is 3. The molecule has 0 saturated heterocycles. The third-order valence-electron chi connectivity index (χ3n) is 2.08. The van der Waals surface area contributed by atoms with Gasteiger partial charge in [0.15, 0.2) is 0 Å². The van der Waals surface area contributed by atoms with Gasteiger partial charge in [0.05, 0.1) is 17.7 Å². The van der Waals surface area contributed by atoms with Gasteiger partial charge in [-0.2, -0.15) is 5.26 Å². The summed E-state index contributed by atoms with van der Waals surface area (Å²) >= 11 is 0. The lowest BCUT2D eigenvalue weighted by Gasteiger charge is -2.18. The Morgan fingerprint density at radius 3 is 2.87 bits per heavy atom. The summed E-state index contributed by atoms with van der Waals surface area (Å²) in [4.78, 5) is 2.03. The zero-order chi connectivity index (χ0) is 11.3. The summed E-state index contributed by atoms with van der Waals surface area (Å²) in [6, 6.07) is 9.64. The van der Waals surface area contributed by atoms with Crippen molar-refractivity contribution < 1.29 is 5.11 Å². The molecule has 0 saturated carbocycles. The Balaban J connectivity index is 2.60. The van der Waals surface area contributed by atoms with Crippen molar-refractivity contribution in [2.75, 3.05) is 13.6 Å². The Bertz CT molecular complexity index is 355. The first-order chi connectivity index (χ1) is 7.11. The van der Waals surface area contributed by atoms with Crippen LogP contribution >= 0.6 is 0 Å². The monoisotopic (exact) mass is 204 g/mol. The number of aliphatic hydroxyl groups excluding tert-OH is 1. The fourth-order valence-electron chi connectivity index (χ4n) is 1.57. The van der Waals surface area contributed by atoms with Crippen LogP contribution in [0.3, 0.4) is 0 Å². The van der Waals surface area contributed by atoms with E-state index in [0.717, 1.165) is 12.1 Å². The number of hydrogen-bond donors (Lipinski definition) is 1. The van der Waals surface area contributed by atoms with Crippen molar-refractivity contribution in [3.8, 4) is 6.07 Å². The summed E-state index contributed by atoms with van der Waals surface area (Å²) in [7, 11) is 1.95. The van der Waals surface area contributed by atoms with Crippen LogP contribution in [0.15, 0.2) is 24.3 Å². The molecule has 0 spiro atoms. The predicted molar refractivity (Wildman–Crippen MR) is 59.2 cm³/mol. The lowest BCUT2D eigenvalue weighted by Crippen LogP contribution is -2.26. The van der Waals surface area contributed by atoms with E-state index < -0.39 is 0 Å². The number of nitrogens with zero attached hydrogens (tertiary/aromatic N) is 2. The second-order valence-electron chi connectivity index (χ2n) is 3.86. The molecule has 0 heterocycles. The van der Waals surface area contributed by atoms with Crippen LogP contribution in [0.2, 0.25) is 0 Å². The van der Waals surface area contributed by atoms with Crippen molar-refractivity contribution >= 4 is 0 Å². The minimum atomic E-state index is -0.325. The Labute approximate surface area is 90.6 Å². The average molecular weight is 204 g/mol. The standard InChI is InChI=1S/C12H16N2O/c1-10(15)8-14(2)9-12-5-3-4-11(6-12)7-13/h3-6,10,15H,8-9H2,1-2H3/t10-/m0/s1. The highest BCUT2D eigenvalue weighted by Gasteiger charge is 2.04. The number of aliphatic hydroxyl groups is 1. The van der Waals surface area contributed by atoms with Crippen LogP contribution < -0.4 is 0 Å². The van der Waals surface area contributed by atoms with Gasteiger partial charge in [-0.1, -0.05) is 12.1 Å². The maximum absolute atomic E-state index is 9.21. The molecule has 1 aromatic carbocycles. The topological polar surface area (TPSA) is 47.3 Å². The summed E-state index contributed by atoms with van der Waals surface area (Å²) in [6.07, 6.45) is -0.325. The molecule has 1 rings (SSSR count). The van der Waals surface area contributed by atoms with Crippen LogP contribution in [0.5, 0.6) is 0 Å². The zero-order valence-corrected chi connectivity index (χ0v) is 9.14. The van der Waals surface area contributed by atoms with E-state index >= 15 is 0 Å². The molecule has 0 radical (unpaired) electrons. The molecule has 0 unspecified atom stereocenters. The summed E-state index contributed by atoms with van der Waals surface area (Å²) in [5.74, 6) is 0. The molecule has 3 nitrogen and oxygen atoms in total. The third-order valence-corrected chi connectivity index (χ3v) is 2.08. The summed E-state index contributed by atoms with van der Waals surface area (Å²) in [5.41, 5.74) is 1.77. The molecule has 0 amide bonds. The van der Waals surface area contributed by atoms with Crippen LogP contribution in [0, 0.1) is 11.3 Å². The normalized spacial score (nSPS) is 12.5. The fourth-order valence-corrected chi connectivity index (χ4v) is 1.57. The summed E-state index contributed by atoms with van der Waals surface area (Å²) in [5, 5.41) is 17.9. The van der Waals surface area contributed by atoms with E-state index in [2.05, 4.69) is 6.07 Å². The first kappa shape index (κ1) is 11.7. The average Bonchev–Trinajstić information content (AvgIpc) is 2.16. The van der Waals surface area contributed by atoms with Gasteiger partial charge in [-0.25, -0.2) is 0 Å². The minimum Gasteiger partial charge on any atom is -0.392 e. The van der Waals surface area contributed by atoms with Crippen molar-refractivity contribution in [2.45, 2.75) is 19.6 Å². The van der Waals surface area contributed by atoms with Crippen LogP contribution in [-0.4, -0.2) is 29.7 Å². The van der Waals surface area contributed by atoms with Crippen molar-refractivity contribution in [1.29, 1.82) is 5.26 Å². The molecule has 80 valence electrons. The van der Waals surface area contributed by atoms with Crippen LogP contribution in [0.1, 0.15) is 18.1 Å². The third kappa shape index (κ3) is 4.11. The first-order valence-electron chi connectivity index (χ1n) is 4.97. The van der Waals surface area contributed by atoms with Gasteiger partial charge in [0.1, 0.15) is 0 Å². The Morgan fingerprint density at radius 2 is 2.27 bits per heavy atom. The number of rotatable bonds is 4. The summed E-state index contributed by atoms with van der Waals surface area (Å²) < 4.78 is 0. The molecule has 1 aromatic rings. The van der Waals surface area contributed by atoms with Gasteiger partial charge in [0.25, 0.3) is 0 Å². The Kier molecular flexibility index (Phi) is 4.29. The van der Waals surface area contributed by atoms with Crippen molar-refractivity contribution in [2.24, 2.45) is 0 Å². The van der Waals surface area contributed by atoms with Gasteiger partial charge in [0, 0.05) is 13.1 Å². The van der Waals surface area contributed by atoms with Crippen LogP contribution in [-0.2, 0) is 6.54 Å². The lowest BCUT2D eigenvalue weighted by atomic mass is 10.1. The van der Waals surface area contributed by atoms with Gasteiger partial charge >= 0.3 is 0 Å². The molecular weight excluding hydrogens is 188 g/mol. The van der Waals surface area contributed by atoms with E-state index in [1.807, 2.05) is 30.1 Å². The van der Waals surface area contributed by atoms with Crippen molar-refractivity contribution in [3.05, 3.63) is 35.4 Å². The van der Waals surface area contributed by atoms with E-state index in [9.17, 15) is 5.11 Å². The maximum Gasteiger partial charge on any atom is 0.0991 e. The van der Waals surface area contributed by atoms with Crippen molar-refractivity contribution in [1.82, 2.24) is 4.90 Å².